The molecular weight excluding hydrogens is 402 g/mol. The fourth-order valence-electron chi connectivity index (χ4n) is 3.98. The second-order valence-electron chi connectivity index (χ2n) is 7.77. The van der Waals surface area contributed by atoms with E-state index in [1.807, 2.05) is 79.7 Å². The Labute approximate surface area is 188 Å². The molecule has 3 aromatic rings. The largest absolute Gasteiger partial charge is 0.466 e. The van der Waals surface area contributed by atoms with Gasteiger partial charge in [0.2, 0.25) is 5.91 Å². The summed E-state index contributed by atoms with van der Waals surface area (Å²) in [5.41, 5.74) is 4.00. The number of amides is 1. The average Bonchev–Trinajstić information content (AvgIpc) is 2.82. The highest BCUT2D eigenvalue weighted by molar-refractivity contribution is 5.89. The van der Waals surface area contributed by atoms with Crippen molar-refractivity contribution in [2.45, 2.75) is 32.1 Å². The third kappa shape index (κ3) is 4.99. The molecule has 1 amide bonds. The Morgan fingerprint density at radius 1 is 0.844 bits per heavy atom. The summed E-state index contributed by atoms with van der Waals surface area (Å²) in [7, 11) is 0. The molecule has 0 spiro atoms. The Balaban J connectivity index is 1.35. The molecule has 0 radical (unpaired) electrons. The molecule has 0 aliphatic carbocycles. The van der Waals surface area contributed by atoms with Gasteiger partial charge in [-0.3, -0.25) is 9.59 Å². The lowest BCUT2D eigenvalue weighted by atomic mass is 9.87. The summed E-state index contributed by atoms with van der Waals surface area (Å²) < 4.78 is 11.0. The van der Waals surface area contributed by atoms with Gasteiger partial charge in [0, 0.05) is 24.1 Å². The molecule has 5 nitrogen and oxygen atoms in total. The van der Waals surface area contributed by atoms with Crippen LogP contribution < -0.4 is 10.1 Å². The maximum Gasteiger partial charge on any atom is 0.306 e. The molecule has 1 N–H and O–H groups in total. The van der Waals surface area contributed by atoms with Gasteiger partial charge in [0.1, 0.15) is 11.5 Å². The number of hydrogen-bond donors (Lipinski definition) is 1. The van der Waals surface area contributed by atoms with E-state index in [9.17, 15) is 9.59 Å². The van der Waals surface area contributed by atoms with E-state index in [0.29, 0.717) is 26.0 Å². The number of ether oxygens (including phenoxy) is 2. The number of aryl methyl sites for hydroxylation is 1. The first kappa shape index (κ1) is 21.6. The van der Waals surface area contributed by atoms with Gasteiger partial charge in [-0.2, -0.15) is 0 Å². The van der Waals surface area contributed by atoms with Gasteiger partial charge in [-0.05, 0) is 43.0 Å². The van der Waals surface area contributed by atoms with Crippen LogP contribution in [0.4, 0.5) is 0 Å². The number of nitrogens with one attached hydrogen (secondary N) is 1. The summed E-state index contributed by atoms with van der Waals surface area (Å²) in [4.78, 5) is 24.7. The Morgan fingerprint density at radius 2 is 1.41 bits per heavy atom. The maximum absolute atomic E-state index is 13.2. The molecule has 32 heavy (non-hydrogen) atoms. The fourth-order valence-corrected chi connectivity index (χ4v) is 3.98. The van der Waals surface area contributed by atoms with Crippen LogP contribution in [-0.4, -0.2) is 25.0 Å². The van der Waals surface area contributed by atoms with E-state index in [4.69, 9.17) is 9.47 Å². The molecule has 0 fully saturated rings. The average molecular weight is 430 g/mol. The zero-order chi connectivity index (χ0) is 22.3. The number of para-hydroxylation sites is 2. The topological polar surface area (TPSA) is 64.6 Å². The number of hydrogen-bond acceptors (Lipinski definition) is 4. The molecule has 1 heterocycles. The van der Waals surface area contributed by atoms with E-state index in [1.54, 1.807) is 0 Å². The smallest absolute Gasteiger partial charge is 0.306 e. The van der Waals surface area contributed by atoms with Crippen LogP contribution in [0.15, 0.2) is 72.8 Å². The van der Waals surface area contributed by atoms with Crippen molar-refractivity contribution < 1.29 is 19.1 Å². The molecule has 0 unspecified atom stereocenters. The lowest BCUT2D eigenvalue weighted by Gasteiger charge is -2.27. The summed E-state index contributed by atoms with van der Waals surface area (Å²) in [5.74, 6) is 0.866. The molecule has 1 aliphatic heterocycles. The standard InChI is InChI=1S/C27H27NO4/c1-2-31-25(29)16-15-19-11-13-20(14-12-19)17-18-28-27(30)26-21-7-3-5-9-23(21)32-24-10-6-4-8-22(24)26/h3-14,26H,2,15-18H2,1H3,(H,28,30). The molecule has 0 aromatic heterocycles. The number of benzene rings is 3. The van der Waals surface area contributed by atoms with Gasteiger partial charge in [-0.25, -0.2) is 0 Å². The molecule has 0 bridgehead atoms. The number of carbonyl (C=O) groups is 2. The van der Waals surface area contributed by atoms with E-state index in [1.165, 1.54) is 0 Å². The molecule has 1 aliphatic rings. The van der Waals surface area contributed by atoms with Gasteiger partial charge in [0.25, 0.3) is 0 Å². The van der Waals surface area contributed by atoms with Gasteiger partial charge in [-0.15, -0.1) is 0 Å². The lowest BCUT2D eigenvalue weighted by Crippen LogP contribution is -2.33. The molecule has 164 valence electrons. The summed E-state index contributed by atoms with van der Waals surface area (Å²) >= 11 is 0. The van der Waals surface area contributed by atoms with Crippen molar-refractivity contribution in [1.29, 1.82) is 0 Å². The third-order valence-corrected chi connectivity index (χ3v) is 5.60. The highest BCUT2D eigenvalue weighted by atomic mass is 16.5. The number of rotatable bonds is 8. The number of carbonyl (C=O) groups excluding carboxylic acids is 2. The minimum atomic E-state index is -0.388. The Kier molecular flexibility index (Phi) is 6.85. The second kappa shape index (κ2) is 10.1. The number of esters is 1. The van der Waals surface area contributed by atoms with Crippen LogP contribution >= 0.6 is 0 Å². The van der Waals surface area contributed by atoms with Gasteiger partial charge in [-0.1, -0.05) is 60.7 Å². The molecule has 0 saturated carbocycles. The quantitative estimate of drug-likeness (QED) is 0.524. The first-order valence-corrected chi connectivity index (χ1v) is 11.0. The second-order valence-corrected chi connectivity index (χ2v) is 7.77. The van der Waals surface area contributed by atoms with Crippen LogP contribution in [0.5, 0.6) is 11.5 Å². The van der Waals surface area contributed by atoms with Crippen LogP contribution in [0.2, 0.25) is 0 Å². The molecule has 0 atom stereocenters. The lowest BCUT2D eigenvalue weighted by molar-refractivity contribution is -0.143. The fraction of sp³-hybridized carbons (Fsp3) is 0.259. The van der Waals surface area contributed by atoms with Crippen molar-refractivity contribution >= 4 is 11.9 Å². The normalized spacial score (nSPS) is 12.3. The predicted molar refractivity (Wildman–Crippen MR) is 123 cm³/mol. The monoisotopic (exact) mass is 429 g/mol. The van der Waals surface area contributed by atoms with Gasteiger partial charge >= 0.3 is 5.97 Å². The van der Waals surface area contributed by atoms with Crippen molar-refractivity contribution in [3.8, 4) is 11.5 Å². The van der Waals surface area contributed by atoms with Gasteiger partial charge in [0.15, 0.2) is 0 Å². The molecule has 4 rings (SSSR count). The van der Waals surface area contributed by atoms with E-state index >= 15 is 0 Å². The minimum Gasteiger partial charge on any atom is -0.466 e. The number of fused-ring (bicyclic) bond motifs is 2. The van der Waals surface area contributed by atoms with Gasteiger partial charge < -0.3 is 14.8 Å². The van der Waals surface area contributed by atoms with Crippen molar-refractivity contribution in [3.63, 3.8) is 0 Å². The van der Waals surface area contributed by atoms with Crippen molar-refractivity contribution in [3.05, 3.63) is 95.1 Å². The summed E-state index contributed by atoms with van der Waals surface area (Å²) in [6.45, 7) is 2.77. The zero-order valence-electron chi connectivity index (χ0n) is 18.2. The van der Waals surface area contributed by atoms with Gasteiger partial charge in [0.05, 0.1) is 12.5 Å². The summed E-state index contributed by atoms with van der Waals surface area (Å²) in [5, 5.41) is 3.10. The van der Waals surface area contributed by atoms with Crippen LogP contribution in [-0.2, 0) is 27.2 Å². The van der Waals surface area contributed by atoms with E-state index in [2.05, 4.69) is 5.32 Å². The van der Waals surface area contributed by atoms with E-state index < -0.39 is 0 Å². The molecular formula is C27H27NO4. The van der Waals surface area contributed by atoms with E-state index in [-0.39, 0.29) is 17.8 Å². The van der Waals surface area contributed by atoms with Crippen LogP contribution in [0.25, 0.3) is 0 Å². The van der Waals surface area contributed by atoms with Crippen LogP contribution in [0, 0.1) is 0 Å². The highest BCUT2D eigenvalue weighted by Crippen LogP contribution is 2.43. The molecule has 5 heteroatoms. The Morgan fingerprint density at radius 3 is 2.00 bits per heavy atom. The van der Waals surface area contributed by atoms with Crippen molar-refractivity contribution in [1.82, 2.24) is 5.32 Å². The van der Waals surface area contributed by atoms with Crippen molar-refractivity contribution in [2.24, 2.45) is 0 Å². The summed E-state index contributed by atoms with van der Waals surface area (Å²) in [6, 6.07) is 23.5. The first-order valence-electron chi connectivity index (χ1n) is 11.0. The van der Waals surface area contributed by atoms with Crippen LogP contribution in [0.3, 0.4) is 0 Å². The van der Waals surface area contributed by atoms with Crippen LogP contribution in [0.1, 0.15) is 41.5 Å². The zero-order valence-corrected chi connectivity index (χ0v) is 18.2. The predicted octanol–water partition coefficient (Wildman–Crippen LogP) is 4.78. The highest BCUT2D eigenvalue weighted by Gasteiger charge is 2.32. The maximum atomic E-state index is 13.2. The van der Waals surface area contributed by atoms with E-state index in [0.717, 1.165) is 40.2 Å². The SMILES string of the molecule is CCOC(=O)CCc1ccc(CCNC(=O)C2c3ccccc3Oc3ccccc32)cc1. The molecule has 0 saturated heterocycles. The Bertz CT molecular complexity index is 1050. The third-order valence-electron chi connectivity index (χ3n) is 5.60. The van der Waals surface area contributed by atoms with Crippen molar-refractivity contribution in [2.75, 3.05) is 13.2 Å². The molecule has 3 aromatic carbocycles. The Hall–Kier alpha value is -3.60. The minimum absolute atomic E-state index is 0.0285. The first-order chi connectivity index (χ1) is 15.7. The summed E-state index contributed by atoms with van der Waals surface area (Å²) in [6.07, 6.45) is 1.78.